The number of hydrogen-bond donors (Lipinski definition) is 1. The Balaban J connectivity index is 2.22. The van der Waals surface area contributed by atoms with E-state index >= 15 is 0 Å². The van der Waals surface area contributed by atoms with E-state index in [4.69, 9.17) is 4.74 Å². The second-order valence-electron chi connectivity index (χ2n) is 4.60. The number of ether oxygens (including phenoxy) is 2. The highest BCUT2D eigenvalue weighted by Gasteiger charge is 2.08. The SMILES string of the molecule is COC(=O)/C=C/C(=O)OCCCN(C)C(=O)Nc1ccccc1. The maximum Gasteiger partial charge on any atom is 0.331 e. The average Bonchev–Trinajstić information content (AvgIpc) is 2.57. The third-order valence-electron chi connectivity index (χ3n) is 2.81. The molecule has 7 nitrogen and oxygen atoms in total. The topological polar surface area (TPSA) is 84.9 Å². The summed E-state index contributed by atoms with van der Waals surface area (Å²) in [6.07, 6.45) is 2.47. The molecule has 0 spiro atoms. The van der Waals surface area contributed by atoms with Gasteiger partial charge in [-0.15, -0.1) is 0 Å². The summed E-state index contributed by atoms with van der Waals surface area (Å²) >= 11 is 0. The molecule has 1 aromatic rings. The van der Waals surface area contributed by atoms with Gasteiger partial charge in [0.25, 0.3) is 0 Å². The van der Waals surface area contributed by atoms with E-state index in [0.29, 0.717) is 18.7 Å². The Bertz CT molecular complexity index is 557. The Hall–Kier alpha value is -2.83. The van der Waals surface area contributed by atoms with Crippen LogP contribution in [0.2, 0.25) is 0 Å². The second-order valence-corrected chi connectivity index (χ2v) is 4.60. The number of nitrogens with zero attached hydrogens (tertiary/aromatic N) is 1. The minimum atomic E-state index is -0.633. The van der Waals surface area contributed by atoms with Crippen molar-refractivity contribution in [1.82, 2.24) is 4.90 Å². The standard InChI is InChI=1S/C16H20N2O5/c1-18(16(21)17-13-7-4-3-5-8-13)11-6-12-23-15(20)10-9-14(19)22-2/h3-5,7-10H,6,11-12H2,1-2H3,(H,17,21)/b10-9+. The first-order valence-electron chi connectivity index (χ1n) is 7.03. The number of anilines is 1. The van der Waals surface area contributed by atoms with Gasteiger partial charge < -0.3 is 19.7 Å². The number of para-hydroxylation sites is 1. The number of carbonyl (C=O) groups is 3. The Morgan fingerprint density at radius 2 is 1.78 bits per heavy atom. The number of benzene rings is 1. The number of amides is 2. The quantitative estimate of drug-likeness (QED) is 0.470. The summed E-state index contributed by atoms with van der Waals surface area (Å²) in [5.41, 5.74) is 0.712. The molecule has 0 bridgehead atoms. The summed E-state index contributed by atoms with van der Waals surface area (Å²) in [6, 6.07) is 8.87. The molecule has 1 aromatic carbocycles. The van der Waals surface area contributed by atoms with Crippen LogP contribution in [0.15, 0.2) is 42.5 Å². The van der Waals surface area contributed by atoms with Crippen LogP contribution in [0, 0.1) is 0 Å². The molecule has 124 valence electrons. The molecule has 0 unspecified atom stereocenters. The number of esters is 2. The summed E-state index contributed by atoms with van der Waals surface area (Å²) in [5.74, 6) is -1.26. The molecule has 7 heteroatoms. The highest BCUT2D eigenvalue weighted by molar-refractivity contribution is 5.91. The highest BCUT2D eigenvalue weighted by atomic mass is 16.5. The van der Waals surface area contributed by atoms with E-state index < -0.39 is 11.9 Å². The van der Waals surface area contributed by atoms with Crippen LogP contribution in [0.1, 0.15) is 6.42 Å². The lowest BCUT2D eigenvalue weighted by Gasteiger charge is -2.17. The van der Waals surface area contributed by atoms with Crippen LogP contribution >= 0.6 is 0 Å². The van der Waals surface area contributed by atoms with Crippen molar-refractivity contribution in [1.29, 1.82) is 0 Å². The molecule has 0 radical (unpaired) electrons. The third-order valence-corrected chi connectivity index (χ3v) is 2.81. The maximum atomic E-state index is 11.9. The van der Waals surface area contributed by atoms with Gasteiger partial charge in [0.15, 0.2) is 0 Å². The van der Waals surface area contributed by atoms with Gasteiger partial charge in [-0.1, -0.05) is 18.2 Å². The Morgan fingerprint density at radius 3 is 2.43 bits per heavy atom. The molecular formula is C16H20N2O5. The first-order chi connectivity index (χ1) is 11.0. The van der Waals surface area contributed by atoms with Gasteiger partial charge >= 0.3 is 18.0 Å². The molecular weight excluding hydrogens is 300 g/mol. The minimum absolute atomic E-state index is 0.146. The predicted octanol–water partition coefficient (Wildman–Crippen LogP) is 1.81. The van der Waals surface area contributed by atoms with Gasteiger partial charge in [0.05, 0.1) is 13.7 Å². The zero-order chi connectivity index (χ0) is 17.1. The van der Waals surface area contributed by atoms with Crippen molar-refractivity contribution in [2.75, 3.05) is 32.6 Å². The maximum absolute atomic E-state index is 11.9. The van der Waals surface area contributed by atoms with Crippen LogP contribution in [0.5, 0.6) is 0 Å². The molecule has 0 aliphatic heterocycles. The first-order valence-corrected chi connectivity index (χ1v) is 7.03. The molecule has 0 atom stereocenters. The number of rotatable bonds is 7. The van der Waals surface area contributed by atoms with Crippen molar-refractivity contribution >= 4 is 23.7 Å². The highest BCUT2D eigenvalue weighted by Crippen LogP contribution is 2.06. The average molecular weight is 320 g/mol. The van der Waals surface area contributed by atoms with Crippen LogP contribution < -0.4 is 5.32 Å². The van der Waals surface area contributed by atoms with Crippen LogP contribution in [0.25, 0.3) is 0 Å². The molecule has 0 aromatic heterocycles. The van der Waals surface area contributed by atoms with Gasteiger partial charge in [-0.25, -0.2) is 14.4 Å². The summed E-state index contributed by atoms with van der Waals surface area (Å²) in [6.45, 7) is 0.569. The number of carbonyl (C=O) groups excluding carboxylic acids is 3. The van der Waals surface area contributed by atoms with Crippen molar-refractivity contribution in [3.63, 3.8) is 0 Å². The number of hydrogen-bond acceptors (Lipinski definition) is 5. The number of urea groups is 1. The van der Waals surface area contributed by atoms with Crippen LogP contribution in [0.4, 0.5) is 10.5 Å². The van der Waals surface area contributed by atoms with Gasteiger partial charge in [-0.2, -0.15) is 0 Å². The molecule has 0 heterocycles. The summed E-state index contributed by atoms with van der Waals surface area (Å²) < 4.78 is 9.24. The van der Waals surface area contributed by atoms with Crippen molar-refractivity contribution in [2.24, 2.45) is 0 Å². The fraction of sp³-hybridized carbons (Fsp3) is 0.312. The summed E-state index contributed by atoms with van der Waals surface area (Å²) in [7, 11) is 2.87. The minimum Gasteiger partial charge on any atom is -0.466 e. The monoisotopic (exact) mass is 320 g/mol. The molecule has 0 fully saturated rings. The van der Waals surface area contributed by atoms with E-state index in [1.54, 1.807) is 19.2 Å². The lowest BCUT2D eigenvalue weighted by Crippen LogP contribution is -2.32. The largest absolute Gasteiger partial charge is 0.466 e. The number of nitrogens with one attached hydrogen (secondary N) is 1. The van der Waals surface area contributed by atoms with E-state index in [-0.39, 0.29) is 12.6 Å². The normalized spacial score (nSPS) is 10.2. The summed E-state index contributed by atoms with van der Waals surface area (Å²) in [4.78, 5) is 35.5. The number of methoxy groups -OCH3 is 1. The third kappa shape index (κ3) is 7.66. The van der Waals surface area contributed by atoms with Crippen LogP contribution in [0.3, 0.4) is 0 Å². The molecule has 2 amide bonds. The summed E-state index contributed by atoms with van der Waals surface area (Å²) in [5, 5.41) is 2.75. The molecule has 0 saturated heterocycles. The van der Waals surface area contributed by atoms with E-state index in [0.717, 1.165) is 12.2 Å². The van der Waals surface area contributed by atoms with Crippen molar-refractivity contribution in [2.45, 2.75) is 6.42 Å². The fourth-order valence-corrected chi connectivity index (χ4v) is 1.57. The van der Waals surface area contributed by atoms with E-state index in [9.17, 15) is 14.4 Å². The lowest BCUT2D eigenvalue weighted by molar-refractivity contribution is -0.139. The van der Waals surface area contributed by atoms with Gasteiger partial charge in [0.2, 0.25) is 0 Å². The van der Waals surface area contributed by atoms with E-state index in [2.05, 4.69) is 10.1 Å². The Labute approximate surface area is 134 Å². The van der Waals surface area contributed by atoms with Gasteiger partial charge in [-0.05, 0) is 18.6 Å². The van der Waals surface area contributed by atoms with E-state index in [1.807, 2.05) is 18.2 Å². The molecule has 0 aliphatic rings. The van der Waals surface area contributed by atoms with Crippen molar-refractivity contribution in [3.8, 4) is 0 Å². The van der Waals surface area contributed by atoms with Crippen LogP contribution in [-0.2, 0) is 19.1 Å². The predicted molar refractivity (Wildman–Crippen MR) is 84.8 cm³/mol. The van der Waals surface area contributed by atoms with Gasteiger partial charge in [-0.3, -0.25) is 0 Å². The fourth-order valence-electron chi connectivity index (χ4n) is 1.57. The van der Waals surface area contributed by atoms with Crippen molar-refractivity contribution < 1.29 is 23.9 Å². The molecule has 0 aliphatic carbocycles. The van der Waals surface area contributed by atoms with Gasteiger partial charge in [0, 0.05) is 31.4 Å². The molecule has 1 rings (SSSR count). The lowest BCUT2D eigenvalue weighted by atomic mass is 10.3. The van der Waals surface area contributed by atoms with Crippen LogP contribution in [-0.4, -0.2) is 50.2 Å². The van der Waals surface area contributed by atoms with Crippen molar-refractivity contribution in [3.05, 3.63) is 42.5 Å². The molecule has 1 N–H and O–H groups in total. The first kappa shape index (κ1) is 18.2. The Morgan fingerprint density at radius 1 is 1.13 bits per heavy atom. The Kier molecular flexibility index (Phi) is 7.91. The zero-order valence-electron chi connectivity index (χ0n) is 13.2. The molecule has 23 heavy (non-hydrogen) atoms. The van der Waals surface area contributed by atoms with E-state index in [1.165, 1.54) is 12.0 Å². The smallest absolute Gasteiger partial charge is 0.331 e. The van der Waals surface area contributed by atoms with Gasteiger partial charge in [0.1, 0.15) is 0 Å². The zero-order valence-corrected chi connectivity index (χ0v) is 13.2. The molecule has 0 saturated carbocycles. The second kappa shape index (κ2) is 9.99.